The van der Waals surface area contributed by atoms with Crippen LogP contribution in [0.5, 0.6) is 11.5 Å². The summed E-state index contributed by atoms with van der Waals surface area (Å²) in [4.78, 5) is 60.0. The number of amides is 4. The van der Waals surface area contributed by atoms with Gasteiger partial charge in [0.2, 0.25) is 5.75 Å². The Hall–Kier alpha value is -4.43. The van der Waals surface area contributed by atoms with Crippen LogP contribution in [-0.4, -0.2) is 27.7 Å². The lowest BCUT2D eigenvalue weighted by atomic mass is 10.0. The summed E-state index contributed by atoms with van der Waals surface area (Å²) in [5.74, 6) is -1.84. The zero-order valence-corrected chi connectivity index (χ0v) is 23.2. The van der Waals surface area contributed by atoms with E-state index in [4.69, 9.17) is 4.74 Å². The molecule has 0 bridgehead atoms. The molecule has 0 saturated carbocycles. The van der Waals surface area contributed by atoms with Gasteiger partial charge in [-0.25, -0.2) is 9.69 Å². The van der Waals surface area contributed by atoms with Crippen molar-refractivity contribution in [3.63, 3.8) is 0 Å². The molecule has 0 unspecified atom stereocenters. The van der Waals surface area contributed by atoms with Crippen LogP contribution in [-0.2, 0) is 9.59 Å². The lowest BCUT2D eigenvalue weighted by Crippen LogP contribution is -2.54. The second kappa shape index (κ2) is 10.7. The molecule has 39 heavy (non-hydrogen) atoms. The first-order valence-electron chi connectivity index (χ1n) is 11.0. The van der Waals surface area contributed by atoms with Crippen molar-refractivity contribution < 1.29 is 29.0 Å². The first-order chi connectivity index (χ1) is 18.4. The number of halogens is 2. The van der Waals surface area contributed by atoms with Crippen LogP contribution in [0, 0.1) is 34.1 Å². The van der Waals surface area contributed by atoms with Gasteiger partial charge in [0.05, 0.1) is 30.5 Å². The third kappa shape index (κ3) is 5.56. The summed E-state index contributed by atoms with van der Waals surface area (Å²) in [5.41, 5.74) is 1.08. The minimum atomic E-state index is -0.876. The topological polar surface area (TPSA) is 162 Å². The van der Waals surface area contributed by atoms with Crippen molar-refractivity contribution in [2.24, 2.45) is 0 Å². The number of benzene rings is 3. The first kappa shape index (κ1) is 27.6. The number of nitrogens with zero attached hydrogens (tertiary/aromatic N) is 3. The number of barbiturate groups is 1. The molecule has 3 aromatic rings. The summed E-state index contributed by atoms with van der Waals surface area (Å²) in [6, 6.07) is 10.1. The number of rotatable bonds is 6. The molecule has 4 amide bonds. The molecule has 0 radical (unpaired) electrons. The van der Waals surface area contributed by atoms with Gasteiger partial charge in [-0.3, -0.25) is 35.1 Å². The van der Waals surface area contributed by atoms with Crippen LogP contribution in [0.25, 0.3) is 6.08 Å². The number of aryl methyl sites for hydroxylation is 2. The normalized spacial score (nSPS) is 14.4. The zero-order chi connectivity index (χ0) is 28.6. The summed E-state index contributed by atoms with van der Waals surface area (Å²) in [6.45, 7) is 3.71. The highest BCUT2D eigenvalue weighted by molar-refractivity contribution is 9.11. The maximum atomic E-state index is 13.2. The van der Waals surface area contributed by atoms with E-state index in [-0.39, 0.29) is 26.0 Å². The Balaban J connectivity index is 1.69. The van der Waals surface area contributed by atoms with Crippen molar-refractivity contribution in [1.29, 1.82) is 0 Å². The molecule has 1 N–H and O–H groups in total. The lowest BCUT2D eigenvalue weighted by Gasteiger charge is -2.27. The van der Waals surface area contributed by atoms with E-state index in [9.17, 15) is 34.6 Å². The van der Waals surface area contributed by atoms with Gasteiger partial charge >= 0.3 is 11.7 Å². The number of hydrogen-bond donors (Lipinski definition) is 1. The molecule has 4 rings (SSSR count). The average Bonchev–Trinajstić information content (AvgIpc) is 2.86. The number of imide groups is 2. The fraction of sp³-hybridized carbons (Fsp3) is 0.0800. The number of carbonyl (C=O) groups excluding carboxylic acids is 3. The summed E-state index contributed by atoms with van der Waals surface area (Å²) in [6.07, 6.45) is 1.28. The molecular weight excluding hydrogens is 644 g/mol. The third-order valence-electron chi connectivity index (χ3n) is 5.74. The monoisotopic (exact) mass is 658 g/mol. The number of nitro groups is 2. The van der Waals surface area contributed by atoms with E-state index in [0.29, 0.717) is 11.3 Å². The van der Waals surface area contributed by atoms with Gasteiger partial charge in [-0.15, -0.1) is 0 Å². The molecule has 12 nitrogen and oxygen atoms in total. The van der Waals surface area contributed by atoms with Gasteiger partial charge < -0.3 is 4.74 Å². The van der Waals surface area contributed by atoms with Crippen molar-refractivity contribution in [2.75, 3.05) is 4.90 Å². The van der Waals surface area contributed by atoms with E-state index in [1.54, 1.807) is 18.2 Å². The van der Waals surface area contributed by atoms with Crippen LogP contribution in [0.15, 0.2) is 63.0 Å². The van der Waals surface area contributed by atoms with Gasteiger partial charge in [0.1, 0.15) is 5.57 Å². The summed E-state index contributed by atoms with van der Waals surface area (Å²) >= 11 is 6.62. The van der Waals surface area contributed by atoms with E-state index in [2.05, 4.69) is 37.2 Å². The highest BCUT2D eigenvalue weighted by atomic mass is 79.9. The molecule has 0 atom stereocenters. The number of urea groups is 1. The molecule has 1 aliphatic heterocycles. The molecule has 1 heterocycles. The zero-order valence-electron chi connectivity index (χ0n) is 20.1. The number of carbonyl (C=O) groups is 3. The van der Waals surface area contributed by atoms with Gasteiger partial charge in [0, 0.05) is 6.07 Å². The van der Waals surface area contributed by atoms with Gasteiger partial charge in [0.25, 0.3) is 17.5 Å². The second-order valence-electron chi connectivity index (χ2n) is 8.31. The molecule has 3 aromatic carbocycles. The van der Waals surface area contributed by atoms with Crippen molar-refractivity contribution in [2.45, 2.75) is 13.8 Å². The Labute approximate surface area is 236 Å². The third-order valence-corrected chi connectivity index (χ3v) is 6.92. The fourth-order valence-electron chi connectivity index (χ4n) is 3.64. The first-order valence-corrected chi connectivity index (χ1v) is 12.5. The lowest BCUT2D eigenvalue weighted by molar-refractivity contribution is -0.394. The fourth-order valence-corrected chi connectivity index (χ4v) is 5.03. The van der Waals surface area contributed by atoms with E-state index in [0.717, 1.165) is 34.2 Å². The molecule has 1 fully saturated rings. The highest BCUT2D eigenvalue weighted by Gasteiger charge is 2.37. The average molecular weight is 660 g/mol. The van der Waals surface area contributed by atoms with E-state index < -0.39 is 39.1 Å². The molecule has 0 spiro atoms. The number of ether oxygens (including phenoxy) is 1. The number of nitro benzene ring substituents is 2. The second-order valence-corrected chi connectivity index (χ2v) is 10.0. The number of non-ortho nitro benzene ring substituents is 1. The van der Waals surface area contributed by atoms with Gasteiger partial charge in [0.15, 0.2) is 5.75 Å². The van der Waals surface area contributed by atoms with Crippen LogP contribution in [0.4, 0.5) is 21.9 Å². The smallest absolute Gasteiger partial charge is 0.335 e. The standard InChI is InChI=1S/C25H16Br2N4O8/c1-12-3-4-15(7-13(12)2)29-24(33)17(23(32)28-25(29)34)8-14-9-18(26)22(19(27)10-14)39-21-6-5-16(30(35)36)11-20(21)31(37)38/h3-11H,1-2H3,(H,28,32,34)/b17-8+. The minimum Gasteiger partial charge on any atom is -0.448 e. The Morgan fingerprint density at radius 1 is 0.897 bits per heavy atom. The summed E-state index contributed by atoms with van der Waals surface area (Å²) in [5, 5.41) is 24.6. The van der Waals surface area contributed by atoms with Gasteiger partial charge in [-0.2, -0.15) is 0 Å². The molecule has 0 aliphatic carbocycles. The van der Waals surface area contributed by atoms with E-state index >= 15 is 0 Å². The molecule has 1 saturated heterocycles. The van der Waals surface area contributed by atoms with E-state index in [1.807, 2.05) is 13.8 Å². The van der Waals surface area contributed by atoms with Gasteiger partial charge in [-0.05, 0) is 98.8 Å². The van der Waals surface area contributed by atoms with Crippen LogP contribution in [0.2, 0.25) is 0 Å². The molecule has 1 aliphatic rings. The van der Waals surface area contributed by atoms with Crippen LogP contribution in [0.3, 0.4) is 0 Å². The maximum absolute atomic E-state index is 13.2. The predicted molar refractivity (Wildman–Crippen MR) is 147 cm³/mol. The quantitative estimate of drug-likeness (QED) is 0.144. The highest BCUT2D eigenvalue weighted by Crippen LogP contribution is 2.42. The van der Waals surface area contributed by atoms with Crippen LogP contribution < -0.4 is 15.0 Å². The molecule has 198 valence electrons. The summed E-state index contributed by atoms with van der Waals surface area (Å²) in [7, 11) is 0. The Morgan fingerprint density at radius 3 is 2.15 bits per heavy atom. The molecule has 0 aromatic heterocycles. The Morgan fingerprint density at radius 2 is 1.56 bits per heavy atom. The Kier molecular flexibility index (Phi) is 7.60. The molecular formula is C25H16Br2N4O8. The SMILES string of the molecule is Cc1ccc(N2C(=O)NC(=O)/C(=C\c3cc(Br)c(Oc4ccc([N+](=O)[O-])cc4[N+](=O)[O-])c(Br)c3)C2=O)cc1C. The van der Waals surface area contributed by atoms with Crippen molar-refractivity contribution >= 4 is 72.8 Å². The van der Waals surface area contributed by atoms with Crippen molar-refractivity contribution in [1.82, 2.24) is 5.32 Å². The minimum absolute atomic E-state index is 0.0976. The van der Waals surface area contributed by atoms with Gasteiger partial charge in [-0.1, -0.05) is 6.07 Å². The predicted octanol–water partition coefficient (Wildman–Crippen LogP) is 6.10. The number of nitrogens with one attached hydrogen (secondary N) is 1. The largest absolute Gasteiger partial charge is 0.448 e. The Bertz CT molecular complexity index is 1610. The van der Waals surface area contributed by atoms with Crippen molar-refractivity contribution in [3.05, 3.63) is 100.0 Å². The van der Waals surface area contributed by atoms with Crippen LogP contribution >= 0.6 is 31.9 Å². The van der Waals surface area contributed by atoms with Crippen LogP contribution in [0.1, 0.15) is 16.7 Å². The molecule has 14 heteroatoms. The number of hydrogen-bond acceptors (Lipinski definition) is 8. The van der Waals surface area contributed by atoms with Crippen molar-refractivity contribution in [3.8, 4) is 11.5 Å². The maximum Gasteiger partial charge on any atom is 0.335 e. The number of anilines is 1. The van der Waals surface area contributed by atoms with E-state index in [1.165, 1.54) is 18.2 Å². The summed E-state index contributed by atoms with van der Waals surface area (Å²) < 4.78 is 6.25.